The molecule has 1 aliphatic rings. The van der Waals surface area contributed by atoms with Crippen LogP contribution in [-0.4, -0.2) is 56.1 Å². The van der Waals surface area contributed by atoms with Crippen molar-refractivity contribution in [2.75, 3.05) is 40.3 Å². The van der Waals surface area contributed by atoms with Crippen LogP contribution in [0.1, 0.15) is 24.3 Å². The maximum absolute atomic E-state index is 3.68. The predicted octanol–water partition coefficient (Wildman–Crippen LogP) is 2.80. The molecule has 0 spiro atoms. The Labute approximate surface area is 129 Å². The molecule has 1 aliphatic heterocycles. The third kappa shape index (κ3) is 4.02. The smallest absolute Gasteiger partial charge is 0.0441 e. The molecular formula is C14H24BrN3S. The van der Waals surface area contributed by atoms with Gasteiger partial charge in [0.25, 0.3) is 0 Å². The second kappa shape index (κ2) is 7.18. The Morgan fingerprint density at radius 3 is 2.89 bits per heavy atom. The SMILES string of the molecule is CCNC(CC1CN(C)CCN1C)c1sccc1Br. The highest BCUT2D eigenvalue weighted by atomic mass is 79.9. The van der Waals surface area contributed by atoms with Crippen LogP contribution in [0.2, 0.25) is 0 Å². The van der Waals surface area contributed by atoms with E-state index in [0.717, 1.165) is 6.54 Å². The van der Waals surface area contributed by atoms with E-state index in [1.165, 1.54) is 35.4 Å². The van der Waals surface area contributed by atoms with Crippen LogP contribution in [-0.2, 0) is 0 Å². The van der Waals surface area contributed by atoms with Crippen LogP contribution in [0.3, 0.4) is 0 Å². The van der Waals surface area contributed by atoms with Gasteiger partial charge in [0.15, 0.2) is 0 Å². The van der Waals surface area contributed by atoms with Crippen molar-refractivity contribution in [1.82, 2.24) is 15.1 Å². The van der Waals surface area contributed by atoms with Gasteiger partial charge in [-0.2, -0.15) is 0 Å². The fraction of sp³-hybridized carbons (Fsp3) is 0.714. The van der Waals surface area contributed by atoms with Crippen LogP contribution in [0.25, 0.3) is 0 Å². The van der Waals surface area contributed by atoms with Gasteiger partial charge in [0.05, 0.1) is 0 Å². The first kappa shape index (κ1) is 15.4. The average Bonchev–Trinajstić information content (AvgIpc) is 2.79. The van der Waals surface area contributed by atoms with Crippen LogP contribution in [0, 0.1) is 0 Å². The van der Waals surface area contributed by atoms with Crippen molar-refractivity contribution in [1.29, 1.82) is 0 Å². The monoisotopic (exact) mass is 345 g/mol. The Morgan fingerprint density at radius 2 is 2.26 bits per heavy atom. The maximum Gasteiger partial charge on any atom is 0.0441 e. The van der Waals surface area contributed by atoms with E-state index in [1.807, 2.05) is 11.3 Å². The molecule has 2 atom stereocenters. The molecule has 1 aromatic heterocycles. The molecule has 0 saturated carbocycles. The normalized spacial score (nSPS) is 23.7. The third-order valence-electron chi connectivity index (χ3n) is 3.90. The Balaban J connectivity index is 2.06. The number of rotatable bonds is 5. The quantitative estimate of drug-likeness (QED) is 0.885. The summed E-state index contributed by atoms with van der Waals surface area (Å²) in [6.07, 6.45) is 1.17. The van der Waals surface area contributed by atoms with Crippen molar-refractivity contribution in [2.45, 2.75) is 25.4 Å². The van der Waals surface area contributed by atoms with Gasteiger partial charge < -0.3 is 15.1 Å². The molecule has 2 heterocycles. The van der Waals surface area contributed by atoms with Crippen molar-refractivity contribution in [3.63, 3.8) is 0 Å². The molecule has 1 fully saturated rings. The first-order valence-corrected chi connectivity index (χ1v) is 8.64. The summed E-state index contributed by atoms with van der Waals surface area (Å²) in [6, 6.07) is 3.25. The zero-order valence-corrected chi connectivity index (χ0v) is 14.4. The zero-order valence-electron chi connectivity index (χ0n) is 12.0. The molecule has 3 nitrogen and oxygen atoms in total. The standard InChI is InChI=1S/C14H24BrN3S/c1-4-16-13(14-12(15)5-8-19-14)9-11-10-17(2)6-7-18(11)3/h5,8,11,13,16H,4,6-7,9-10H2,1-3H3. The molecule has 108 valence electrons. The van der Waals surface area contributed by atoms with Crippen LogP contribution in [0.5, 0.6) is 0 Å². The Bertz CT molecular complexity index is 396. The molecule has 1 aromatic rings. The van der Waals surface area contributed by atoms with Gasteiger partial charge in [-0.25, -0.2) is 0 Å². The molecule has 0 amide bonds. The molecular weight excluding hydrogens is 322 g/mol. The second-order valence-corrected chi connectivity index (χ2v) is 7.18. The minimum absolute atomic E-state index is 0.457. The number of hydrogen-bond donors (Lipinski definition) is 1. The number of nitrogens with zero attached hydrogens (tertiary/aromatic N) is 2. The Hall–Kier alpha value is 0.0600. The van der Waals surface area contributed by atoms with Crippen molar-refractivity contribution in [2.24, 2.45) is 0 Å². The summed E-state index contributed by atoms with van der Waals surface area (Å²) in [5, 5.41) is 5.81. The molecule has 1 saturated heterocycles. The average molecular weight is 346 g/mol. The highest BCUT2D eigenvalue weighted by Gasteiger charge is 2.26. The summed E-state index contributed by atoms with van der Waals surface area (Å²) in [4.78, 5) is 6.38. The maximum atomic E-state index is 3.68. The van der Waals surface area contributed by atoms with E-state index in [1.54, 1.807) is 0 Å². The zero-order chi connectivity index (χ0) is 13.8. The second-order valence-electron chi connectivity index (χ2n) is 5.38. The van der Waals surface area contributed by atoms with Gasteiger partial charge in [-0.3, -0.25) is 0 Å². The Kier molecular flexibility index (Phi) is 5.84. The molecule has 1 N–H and O–H groups in total. The van der Waals surface area contributed by atoms with Crippen LogP contribution < -0.4 is 5.32 Å². The van der Waals surface area contributed by atoms with Gasteiger partial charge in [0.1, 0.15) is 0 Å². The summed E-state index contributed by atoms with van der Waals surface area (Å²) < 4.78 is 1.25. The first-order valence-electron chi connectivity index (χ1n) is 6.96. The molecule has 0 radical (unpaired) electrons. The fourth-order valence-corrected chi connectivity index (χ4v) is 4.45. The number of nitrogens with one attached hydrogen (secondary N) is 1. The van der Waals surface area contributed by atoms with E-state index in [0.29, 0.717) is 12.1 Å². The van der Waals surface area contributed by atoms with Gasteiger partial charge in [0.2, 0.25) is 0 Å². The highest BCUT2D eigenvalue weighted by Crippen LogP contribution is 2.32. The minimum Gasteiger partial charge on any atom is -0.309 e. The first-order chi connectivity index (χ1) is 9.11. The third-order valence-corrected chi connectivity index (χ3v) is 5.88. The topological polar surface area (TPSA) is 18.5 Å². The highest BCUT2D eigenvalue weighted by molar-refractivity contribution is 9.10. The van der Waals surface area contributed by atoms with Crippen molar-refractivity contribution in [3.8, 4) is 0 Å². The van der Waals surface area contributed by atoms with E-state index >= 15 is 0 Å². The van der Waals surface area contributed by atoms with Gasteiger partial charge in [-0.1, -0.05) is 6.92 Å². The molecule has 0 bridgehead atoms. The summed E-state index contributed by atoms with van der Waals surface area (Å²) in [7, 11) is 4.48. The summed E-state index contributed by atoms with van der Waals surface area (Å²) in [6.45, 7) is 6.72. The largest absolute Gasteiger partial charge is 0.309 e. The molecule has 19 heavy (non-hydrogen) atoms. The molecule has 0 aliphatic carbocycles. The van der Waals surface area contributed by atoms with E-state index < -0.39 is 0 Å². The summed E-state index contributed by atoms with van der Waals surface area (Å²) in [5.41, 5.74) is 0. The molecule has 2 unspecified atom stereocenters. The molecule has 5 heteroatoms. The lowest BCUT2D eigenvalue weighted by Crippen LogP contribution is -2.51. The summed E-state index contributed by atoms with van der Waals surface area (Å²) in [5.74, 6) is 0. The molecule has 0 aromatic carbocycles. The number of hydrogen-bond acceptors (Lipinski definition) is 4. The van der Waals surface area contributed by atoms with Gasteiger partial charge in [-0.05, 0) is 54.4 Å². The lowest BCUT2D eigenvalue weighted by atomic mass is 10.0. The fourth-order valence-electron chi connectivity index (χ4n) is 2.71. The van der Waals surface area contributed by atoms with E-state index in [4.69, 9.17) is 0 Å². The number of likely N-dealkylation sites (N-methyl/N-ethyl adjacent to an activating group) is 2. The number of piperazine rings is 1. The number of halogens is 1. The lowest BCUT2D eigenvalue weighted by Gasteiger charge is -2.39. The van der Waals surface area contributed by atoms with E-state index in [-0.39, 0.29) is 0 Å². The lowest BCUT2D eigenvalue weighted by molar-refractivity contribution is 0.101. The van der Waals surface area contributed by atoms with Crippen LogP contribution in [0.15, 0.2) is 15.9 Å². The van der Waals surface area contributed by atoms with Gasteiger partial charge >= 0.3 is 0 Å². The number of thiophene rings is 1. The van der Waals surface area contributed by atoms with Gasteiger partial charge in [0, 0.05) is 41.1 Å². The van der Waals surface area contributed by atoms with Crippen LogP contribution in [0.4, 0.5) is 0 Å². The molecule has 2 rings (SSSR count). The van der Waals surface area contributed by atoms with Crippen LogP contribution >= 0.6 is 27.3 Å². The van der Waals surface area contributed by atoms with Crippen molar-refractivity contribution >= 4 is 27.3 Å². The van der Waals surface area contributed by atoms with E-state index in [9.17, 15) is 0 Å². The van der Waals surface area contributed by atoms with Gasteiger partial charge in [-0.15, -0.1) is 11.3 Å². The summed E-state index contributed by atoms with van der Waals surface area (Å²) >= 11 is 5.52. The predicted molar refractivity (Wildman–Crippen MR) is 87.0 cm³/mol. The Morgan fingerprint density at radius 1 is 1.47 bits per heavy atom. The minimum atomic E-state index is 0.457. The van der Waals surface area contributed by atoms with Crippen molar-refractivity contribution in [3.05, 3.63) is 20.8 Å². The van der Waals surface area contributed by atoms with E-state index in [2.05, 4.69) is 63.5 Å². The van der Waals surface area contributed by atoms with Crippen molar-refractivity contribution < 1.29 is 0 Å².